The van der Waals surface area contributed by atoms with Crippen molar-refractivity contribution in [1.29, 1.82) is 0 Å². The lowest BCUT2D eigenvalue weighted by molar-refractivity contribution is -0.138. The van der Waals surface area contributed by atoms with Crippen LogP contribution in [0, 0.1) is 0 Å². The molecular weight excluding hydrogens is 236 g/mol. The summed E-state index contributed by atoms with van der Waals surface area (Å²) in [5.74, 6) is -0.895. The van der Waals surface area contributed by atoms with Crippen LogP contribution in [0.2, 0.25) is 0 Å². The first-order valence-electron chi connectivity index (χ1n) is 6.24. The van der Waals surface area contributed by atoms with Gasteiger partial charge in [-0.2, -0.15) is 0 Å². The summed E-state index contributed by atoms with van der Waals surface area (Å²) in [7, 11) is 1.59. The summed E-state index contributed by atoms with van der Waals surface area (Å²) in [4.78, 5) is 26.2. The topological polar surface area (TPSA) is 70.1 Å². The van der Waals surface area contributed by atoms with Crippen LogP contribution in [-0.4, -0.2) is 66.3 Å². The minimum atomic E-state index is -0.895. The van der Waals surface area contributed by atoms with E-state index in [0.29, 0.717) is 26.2 Å². The van der Waals surface area contributed by atoms with Crippen LogP contribution in [0.4, 0.5) is 4.79 Å². The molecule has 0 saturated carbocycles. The van der Waals surface area contributed by atoms with Gasteiger partial charge in [-0.3, -0.25) is 4.79 Å². The van der Waals surface area contributed by atoms with Gasteiger partial charge in [-0.15, -0.1) is 0 Å². The molecule has 0 aliphatic rings. The van der Waals surface area contributed by atoms with Gasteiger partial charge < -0.3 is 19.6 Å². The van der Waals surface area contributed by atoms with Gasteiger partial charge in [0.2, 0.25) is 0 Å². The second kappa shape index (κ2) is 8.74. The van der Waals surface area contributed by atoms with E-state index >= 15 is 0 Å². The molecule has 6 heteroatoms. The number of hydrogen-bond acceptors (Lipinski definition) is 3. The molecule has 18 heavy (non-hydrogen) atoms. The molecule has 0 rings (SSSR count). The highest BCUT2D eigenvalue weighted by Gasteiger charge is 2.24. The Kier molecular flexibility index (Phi) is 8.11. The van der Waals surface area contributed by atoms with Gasteiger partial charge >= 0.3 is 12.0 Å². The monoisotopic (exact) mass is 260 g/mol. The third-order valence-electron chi connectivity index (χ3n) is 2.81. The molecule has 2 amide bonds. The van der Waals surface area contributed by atoms with Crippen LogP contribution in [0.1, 0.15) is 27.2 Å². The lowest BCUT2D eigenvalue weighted by Crippen LogP contribution is -2.48. The van der Waals surface area contributed by atoms with Crippen molar-refractivity contribution in [2.45, 2.75) is 33.2 Å². The highest BCUT2D eigenvalue weighted by molar-refractivity contribution is 5.76. The first kappa shape index (κ1) is 16.7. The third kappa shape index (κ3) is 5.35. The number of aliphatic carboxylic acids is 1. The number of carbonyl (C=O) groups is 2. The molecule has 0 fully saturated rings. The molecule has 0 aromatic carbocycles. The molecule has 0 aromatic rings. The molecule has 6 nitrogen and oxygen atoms in total. The Morgan fingerprint density at radius 3 is 2.28 bits per heavy atom. The minimum Gasteiger partial charge on any atom is -0.481 e. The zero-order valence-electron chi connectivity index (χ0n) is 11.7. The van der Waals surface area contributed by atoms with Crippen molar-refractivity contribution in [3.05, 3.63) is 0 Å². The summed E-state index contributed by atoms with van der Waals surface area (Å²) in [5, 5.41) is 8.78. The lowest BCUT2D eigenvalue weighted by Gasteiger charge is -2.32. The first-order valence-corrected chi connectivity index (χ1v) is 6.24. The van der Waals surface area contributed by atoms with Gasteiger partial charge in [-0.25, -0.2) is 4.79 Å². The number of amides is 2. The molecule has 1 unspecified atom stereocenters. The molecule has 0 bridgehead atoms. The van der Waals surface area contributed by atoms with E-state index in [1.54, 1.807) is 23.8 Å². The Morgan fingerprint density at radius 1 is 1.28 bits per heavy atom. The molecule has 106 valence electrons. The first-order chi connectivity index (χ1) is 8.47. The Morgan fingerprint density at radius 2 is 1.89 bits per heavy atom. The number of hydrogen-bond donors (Lipinski definition) is 1. The molecule has 0 heterocycles. The second-order valence-corrected chi connectivity index (χ2v) is 4.09. The van der Waals surface area contributed by atoms with Crippen LogP contribution < -0.4 is 0 Å². The maximum Gasteiger partial charge on any atom is 0.320 e. The molecule has 0 spiro atoms. The number of carbonyl (C=O) groups excluding carboxylic acids is 1. The van der Waals surface area contributed by atoms with Crippen molar-refractivity contribution in [3.8, 4) is 0 Å². The zero-order chi connectivity index (χ0) is 14.1. The number of urea groups is 1. The van der Waals surface area contributed by atoms with Crippen LogP contribution in [0.15, 0.2) is 0 Å². The SMILES string of the molecule is CCN(CCOC)C(=O)N(CC)C(C)CC(=O)O. The van der Waals surface area contributed by atoms with E-state index in [1.807, 2.05) is 13.8 Å². The number of ether oxygens (including phenoxy) is 1. The average molecular weight is 260 g/mol. The molecule has 0 aliphatic carbocycles. The van der Waals surface area contributed by atoms with E-state index in [2.05, 4.69) is 0 Å². The number of likely N-dealkylation sites (N-methyl/N-ethyl adjacent to an activating group) is 1. The summed E-state index contributed by atoms with van der Waals surface area (Å²) in [6.45, 7) is 7.56. The fourth-order valence-corrected chi connectivity index (χ4v) is 1.77. The highest BCUT2D eigenvalue weighted by atomic mass is 16.5. The van der Waals surface area contributed by atoms with Gasteiger partial charge in [0, 0.05) is 32.8 Å². The summed E-state index contributed by atoms with van der Waals surface area (Å²) in [6.07, 6.45) is -0.0403. The molecular formula is C12H24N2O4. The summed E-state index contributed by atoms with van der Waals surface area (Å²) >= 11 is 0. The van der Waals surface area contributed by atoms with Crippen molar-refractivity contribution < 1.29 is 19.4 Å². The van der Waals surface area contributed by atoms with Crippen LogP contribution in [0.25, 0.3) is 0 Å². The number of nitrogens with zero attached hydrogens (tertiary/aromatic N) is 2. The van der Waals surface area contributed by atoms with Crippen LogP contribution >= 0.6 is 0 Å². The van der Waals surface area contributed by atoms with E-state index in [9.17, 15) is 9.59 Å². The van der Waals surface area contributed by atoms with Crippen LogP contribution in [0.5, 0.6) is 0 Å². The van der Waals surface area contributed by atoms with E-state index < -0.39 is 5.97 Å². The highest BCUT2D eigenvalue weighted by Crippen LogP contribution is 2.08. The Bertz CT molecular complexity index is 271. The molecule has 1 atom stereocenters. The average Bonchev–Trinajstić information content (AvgIpc) is 2.30. The van der Waals surface area contributed by atoms with E-state index in [-0.39, 0.29) is 18.5 Å². The predicted octanol–water partition coefficient (Wildman–Crippen LogP) is 1.26. The third-order valence-corrected chi connectivity index (χ3v) is 2.81. The van der Waals surface area contributed by atoms with Gasteiger partial charge in [-0.05, 0) is 20.8 Å². The van der Waals surface area contributed by atoms with Gasteiger partial charge in [-0.1, -0.05) is 0 Å². The van der Waals surface area contributed by atoms with Crippen LogP contribution in [0.3, 0.4) is 0 Å². The molecule has 0 saturated heterocycles. The van der Waals surface area contributed by atoms with Crippen molar-refractivity contribution >= 4 is 12.0 Å². The van der Waals surface area contributed by atoms with Crippen molar-refractivity contribution in [2.75, 3.05) is 33.4 Å². The maximum atomic E-state index is 12.2. The molecule has 1 N–H and O–H groups in total. The number of methoxy groups -OCH3 is 1. The summed E-state index contributed by atoms with van der Waals surface area (Å²) in [5.41, 5.74) is 0. The van der Waals surface area contributed by atoms with E-state index in [4.69, 9.17) is 9.84 Å². The number of carboxylic acid groups (broad SMARTS) is 1. The standard InChI is InChI=1S/C12H24N2O4/c1-5-13(7-8-18-4)12(17)14(6-2)10(3)9-11(15)16/h10H,5-9H2,1-4H3,(H,15,16). The molecule has 0 aliphatic heterocycles. The quantitative estimate of drug-likeness (QED) is 0.713. The summed E-state index contributed by atoms with van der Waals surface area (Å²) in [6, 6.07) is -0.442. The fraction of sp³-hybridized carbons (Fsp3) is 0.833. The Balaban J connectivity index is 4.60. The summed E-state index contributed by atoms with van der Waals surface area (Å²) < 4.78 is 4.96. The van der Waals surface area contributed by atoms with Crippen molar-refractivity contribution in [1.82, 2.24) is 9.80 Å². The predicted molar refractivity (Wildman–Crippen MR) is 68.6 cm³/mol. The zero-order valence-corrected chi connectivity index (χ0v) is 11.7. The Hall–Kier alpha value is -1.30. The fourth-order valence-electron chi connectivity index (χ4n) is 1.77. The minimum absolute atomic E-state index is 0.0403. The van der Waals surface area contributed by atoms with Crippen molar-refractivity contribution in [2.24, 2.45) is 0 Å². The van der Waals surface area contributed by atoms with Gasteiger partial charge in [0.15, 0.2) is 0 Å². The van der Waals surface area contributed by atoms with Crippen LogP contribution in [-0.2, 0) is 9.53 Å². The van der Waals surface area contributed by atoms with Gasteiger partial charge in [0.05, 0.1) is 13.0 Å². The van der Waals surface area contributed by atoms with E-state index in [1.165, 1.54) is 0 Å². The van der Waals surface area contributed by atoms with Crippen molar-refractivity contribution in [3.63, 3.8) is 0 Å². The van der Waals surface area contributed by atoms with Gasteiger partial charge in [0.25, 0.3) is 0 Å². The number of carboxylic acids is 1. The largest absolute Gasteiger partial charge is 0.481 e. The van der Waals surface area contributed by atoms with Gasteiger partial charge in [0.1, 0.15) is 0 Å². The molecule has 0 aromatic heterocycles. The van der Waals surface area contributed by atoms with E-state index in [0.717, 1.165) is 0 Å². The lowest BCUT2D eigenvalue weighted by atomic mass is 10.2. The number of rotatable bonds is 8. The maximum absolute atomic E-state index is 12.2. The normalized spacial score (nSPS) is 12.0. The second-order valence-electron chi connectivity index (χ2n) is 4.09. The Labute approximate surface area is 109 Å². The molecule has 0 radical (unpaired) electrons. The smallest absolute Gasteiger partial charge is 0.320 e.